The van der Waals surface area contributed by atoms with Crippen LogP contribution in [-0.2, 0) is 20.4 Å². The molecule has 5 aromatic carbocycles. The zero-order chi connectivity index (χ0) is 35.2. The van der Waals surface area contributed by atoms with Gasteiger partial charge in [0.05, 0.1) is 11.4 Å². The van der Waals surface area contributed by atoms with Gasteiger partial charge in [-0.15, -0.1) is 0 Å². The molecule has 2 fully saturated rings. The van der Waals surface area contributed by atoms with Crippen LogP contribution in [0.15, 0.2) is 109 Å². The van der Waals surface area contributed by atoms with Gasteiger partial charge >= 0.3 is 0 Å². The van der Waals surface area contributed by atoms with Crippen LogP contribution in [0, 0.1) is 0 Å². The zero-order valence-corrected chi connectivity index (χ0v) is 30.3. The number of carbonyl (C=O) groups is 2. The van der Waals surface area contributed by atoms with Gasteiger partial charge in [-0.25, -0.2) is 0 Å². The van der Waals surface area contributed by atoms with Gasteiger partial charge in [-0.1, -0.05) is 139 Å². The second-order valence-corrected chi connectivity index (χ2v) is 15.9. The lowest BCUT2D eigenvalue weighted by molar-refractivity contribution is -0.117. The maximum absolute atomic E-state index is 13.3. The van der Waals surface area contributed by atoms with Gasteiger partial charge in [0, 0.05) is 37.1 Å². The van der Waals surface area contributed by atoms with E-state index in [0.29, 0.717) is 25.9 Å². The van der Waals surface area contributed by atoms with E-state index in [1.807, 2.05) is 9.80 Å². The van der Waals surface area contributed by atoms with Crippen molar-refractivity contribution in [2.24, 2.45) is 0 Å². The quantitative estimate of drug-likeness (QED) is 0.182. The number of carbonyl (C=O) groups excluding carboxylic acids is 2. The summed E-state index contributed by atoms with van der Waals surface area (Å²) in [6.45, 7) is 14.9. The number of benzene rings is 5. The van der Waals surface area contributed by atoms with Crippen LogP contribution in [-0.4, -0.2) is 24.9 Å². The van der Waals surface area contributed by atoms with Gasteiger partial charge < -0.3 is 9.80 Å². The summed E-state index contributed by atoms with van der Waals surface area (Å²) >= 11 is 0. The predicted octanol–water partition coefficient (Wildman–Crippen LogP) is 11.2. The van der Waals surface area contributed by atoms with Crippen LogP contribution in [0.5, 0.6) is 0 Å². The molecule has 2 saturated heterocycles. The number of anilines is 2. The van der Waals surface area contributed by atoms with E-state index in [-0.39, 0.29) is 22.6 Å². The van der Waals surface area contributed by atoms with Crippen molar-refractivity contribution in [2.45, 2.75) is 78.1 Å². The summed E-state index contributed by atoms with van der Waals surface area (Å²) in [5.41, 5.74) is 13.3. The van der Waals surface area contributed by atoms with Crippen molar-refractivity contribution in [3.05, 3.63) is 120 Å². The molecule has 254 valence electrons. The number of hydrogen-bond acceptors (Lipinski definition) is 2. The smallest absolute Gasteiger partial charge is 0.227 e. The average molecular weight is 661 g/mol. The molecule has 0 bridgehead atoms. The first-order valence-corrected chi connectivity index (χ1v) is 18.1. The van der Waals surface area contributed by atoms with Crippen molar-refractivity contribution >= 4 is 23.2 Å². The number of hydrogen-bond donors (Lipinski definition) is 0. The zero-order valence-electron chi connectivity index (χ0n) is 30.3. The lowest BCUT2D eigenvalue weighted by atomic mass is 9.81. The highest BCUT2D eigenvalue weighted by atomic mass is 16.2. The molecule has 50 heavy (non-hydrogen) atoms. The van der Waals surface area contributed by atoms with Crippen molar-refractivity contribution < 1.29 is 9.59 Å². The average Bonchev–Trinajstić information content (AvgIpc) is 3.74. The fourth-order valence-corrected chi connectivity index (χ4v) is 7.73. The van der Waals surface area contributed by atoms with E-state index in [0.717, 1.165) is 57.6 Å². The second kappa shape index (κ2) is 13.1. The summed E-state index contributed by atoms with van der Waals surface area (Å²) in [5.74, 6) is 0.291. The molecule has 5 aromatic rings. The Hall–Kier alpha value is -4.96. The van der Waals surface area contributed by atoms with Gasteiger partial charge in [0.2, 0.25) is 11.8 Å². The van der Waals surface area contributed by atoms with Crippen LogP contribution < -0.4 is 9.80 Å². The minimum absolute atomic E-state index is 0.0136. The van der Waals surface area contributed by atoms with E-state index in [1.54, 1.807) is 0 Å². The van der Waals surface area contributed by atoms with Gasteiger partial charge in [0.15, 0.2) is 0 Å². The van der Waals surface area contributed by atoms with Gasteiger partial charge in [0.25, 0.3) is 0 Å². The van der Waals surface area contributed by atoms with Crippen LogP contribution in [0.25, 0.3) is 44.5 Å². The van der Waals surface area contributed by atoms with Crippen molar-refractivity contribution in [1.29, 1.82) is 0 Å². The van der Waals surface area contributed by atoms with Crippen LogP contribution in [0.4, 0.5) is 11.4 Å². The molecule has 7 rings (SSSR count). The molecule has 0 aliphatic carbocycles. The fraction of sp³-hybridized carbons (Fsp3) is 0.304. The van der Waals surface area contributed by atoms with E-state index in [4.69, 9.17) is 0 Å². The SMILES string of the molecule is CC(C)(C)c1ccccc1-c1ccc(-c2cc(N3CCCC3=O)c(-c3ccc(-c4ccccc4C(C)(C)C)cc3)cc2N2CCCC2=O)cc1. The van der Waals surface area contributed by atoms with Crippen molar-refractivity contribution in [3.8, 4) is 44.5 Å². The molecule has 2 amide bonds. The van der Waals surface area contributed by atoms with E-state index in [1.165, 1.54) is 22.3 Å². The molecular weight excluding hydrogens is 613 g/mol. The second-order valence-electron chi connectivity index (χ2n) is 15.9. The van der Waals surface area contributed by atoms with E-state index in [9.17, 15) is 9.59 Å². The Bertz CT molecular complexity index is 1910. The lowest BCUT2D eigenvalue weighted by Gasteiger charge is -2.27. The molecule has 0 radical (unpaired) electrons. The minimum Gasteiger partial charge on any atom is -0.312 e. The summed E-state index contributed by atoms with van der Waals surface area (Å²) in [5, 5.41) is 0. The summed E-state index contributed by atoms with van der Waals surface area (Å²) < 4.78 is 0. The largest absolute Gasteiger partial charge is 0.312 e. The lowest BCUT2D eigenvalue weighted by Crippen LogP contribution is -2.27. The fourth-order valence-electron chi connectivity index (χ4n) is 7.73. The molecule has 2 aliphatic heterocycles. The Morgan fingerprint density at radius 3 is 1.06 bits per heavy atom. The third-order valence-corrected chi connectivity index (χ3v) is 10.3. The minimum atomic E-state index is 0.0136. The van der Waals surface area contributed by atoms with Gasteiger partial charge in [-0.3, -0.25) is 9.59 Å². The molecule has 2 aliphatic rings. The van der Waals surface area contributed by atoms with Crippen molar-refractivity contribution in [1.82, 2.24) is 0 Å². The van der Waals surface area contributed by atoms with E-state index >= 15 is 0 Å². The van der Waals surface area contributed by atoms with Crippen molar-refractivity contribution in [2.75, 3.05) is 22.9 Å². The Morgan fingerprint density at radius 2 is 0.760 bits per heavy atom. The molecule has 0 N–H and O–H groups in total. The van der Waals surface area contributed by atoms with E-state index < -0.39 is 0 Å². The highest BCUT2D eigenvalue weighted by molar-refractivity contribution is 6.06. The summed E-state index contributed by atoms with van der Waals surface area (Å²) in [7, 11) is 0. The molecule has 4 nitrogen and oxygen atoms in total. The van der Waals surface area contributed by atoms with Crippen LogP contribution >= 0.6 is 0 Å². The standard InChI is InChI=1S/C46H48N2O2/c1-45(2,3)39-15-9-7-13-35(39)31-19-23-33(24-20-31)37-29-42(48-28-12-18-44(48)50)38(30-41(37)47-27-11-17-43(47)49)34-25-21-32(22-26-34)36-14-8-10-16-40(36)46(4,5)6/h7-10,13-16,19-26,29-30H,11-12,17-18,27-28H2,1-6H3. The molecule has 2 heterocycles. The van der Waals surface area contributed by atoms with Crippen LogP contribution in [0.3, 0.4) is 0 Å². The number of amides is 2. The number of rotatable bonds is 6. The molecular formula is C46H48N2O2. The summed E-state index contributed by atoms with van der Waals surface area (Å²) in [6.07, 6.45) is 2.77. The van der Waals surface area contributed by atoms with Gasteiger partial charge in [-0.2, -0.15) is 0 Å². The summed E-state index contributed by atoms with van der Waals surface area (Å²) in [4.78, 5) is 30.6. The third-order valence-electron chi connectivity index (χ3n) is 10.3. The highest BCUT2D eigenvalue weighted by Crippen LogP contribution is 2.45. The highest BCUT2D eigenvalue weighted by Gasteiger charge is 2.30. The molecule has 0 aromatic heterocycles. The number of nitrogens with zero attached hydrogens (tertiary/aromatic N) is 2. The third kappa shape index (κ3) is 6.40. The van der Waals surface area contributed by atoms with E-state index in [2.05, 4.69) is 151 Å². The molecule has 0 unspecified atom stereocenters. The monoisotopic (exact) mass is 660 g/mol. The maximum Gasteiger partial charge on any atom is 0.227 e. The first-order chi connectivity index (χ1) is 23.9. The Morgan fingerprint density at radius 1 is 0.440 bits per heavy atom. The van der Waals surface area contributed by atoms with Crippen LogP contribution in [0.2, 0.25) is 0 Å². The van der Waals surface area contributed by atoms with Gasteiger partial charge in [0.1, 0.15) is 0 Å². The first-order valence-electron chi connectivity index (χ1n) is 18.1. The summed E-state index contributed by atoms with van der Waals surface area (Å²) in [6, 6.07) is 39.0. The molecule has 0 atom stereocenters. The molecule has 4 heteroatoms. The van der Waals surface area contributed by atoms with Crippen LogP contribution in [0.1, 0.15) is 78.4 Å². The Kier molecular flexibility index (Phi) is 8.76. The Labute approximate surface area is 297 Å². The topological polar surface area (TPSA) is 40.6 Å². The van der Waals surface area contributed by atoms with Crippen molar-refractivity contribution in [3.63, 3.8) is 0 Å². The Balaban J connectivity index is 1.37. The maximum atomic E-state index is 13.3. The molecule has 0 saturated carbocycles. The molecule has 0 spiro atoms. The van der Waals surface area contributed by atoms with Gasteiger partial charge in [-0.05, 0) is 80.3 Å². The normalized spacial score (nSPS) is 15.3. The first kappa shape index (κ1) is 33.5. The predicted molar refractivity (Wildman–Crippen MR) is 209 cm³/mol.